The molecule has 1 fully saturated rings. The van der Waals surface area contributed by atoms with E-state index < -0.39 is 6.04 Å². The van der Waals surface area contributed by atoms with Gasteiger partial charge in [-0.15, -0.1) is 0 Å². The van der Waals surface area contributed by atoms with Gasteiger partial charge in [0, 0.05) is 6.04 Å². The maximum Gasteiger partial charge on any atom is 0.241 e. The van der Waals surface area contributed by atoms with Crippen LogP contribution in [0.2, 0.25) is 0 Å². The fraction of sp³-hybridized carbons (Fsp3) is 0.562. The highest BCUT2D eigenvalue weighted by molar-refractivity contribution is 5.83. The van der Waals surface area contributed by atoms with Crippen LogP contribution in [0.4, 0.5) is 0 Å². The third-order valence-corrected chi connectivity index (χ3v) is 4.48. The van der Waals surface area contributed by atoms with Crippen molar-refractivity contribution in [1.82, 2.24) is 5.32 Å². The van der Waals surface area contributed by atoms with Gasteiger partial charge in [-0.1, -0.05) is 57.0 Å². The summed E-state index contributed by atoms with van der Waals surface area (Å²) in [5, 5.41) is 3.13. The predicted octanol–water partition coefficient (Wildman–Crippen LogP) is 2.63. The molecule has 2 rings (SSSR count). The molecule has 0 aliphatic heterocycles. The van der Waals surface area contributed by atoms with Gasteiger partial charge in [-0.25, -0.2) is 0 Å². The van der Waals surface area contributed by atoms with Gasteiger partial charge in [0.25, 0.3) is 0 Å². The molecule has 19 heavy (non-hydrogen) atoms. The smallest absolute Gasteiger partial charge is 0.241 e. The van der Waals surface area contributed by atoms with Gasteiger partial charge < -0.3 is 11.1 Å². The number of nitrogens with one attached hydrogen (secondary N) is 1. The maximum absolute atomic E-state index is 12.2. The van der Waals surface area contributed by atoms with Gasteiger partial charge >= 0.3 is 0 Å². The van der Waals surface area contributed by atoms with Crippen LogP contribution in [-0.4, -0.2) is 11.9 Å². The van der Waals surface area contributed by atoms with Gasteiger partial charge in [0.15, 0.2) is 0 Å². The van der Waals surface area contributed by atoms with E-state index in [0.29, 0.717) is 11.8 Å². The second-order valence-corrected chi connectivity index (χ2v) is 5.77. The summed E-state index contributed by atoms with van der Waals surface area (Å²) in [6.07, 6.45) is 3.52. The van der Waals surface area contributed by atoms with Crippen molar-refractivity contribution in [3.8, 4) is 0 Å². The van der Waals surface area contributed by atoms with E-state index in [2.05, 4.69) is 19.2 Å². The summed E-state index contributed by atoms with van der Waals surface area (Å²) < 4.78 is 0. The van der Waals surface area contributed by atoms with Crippen molar-refractivity contribution in [2.45, 2.75) is 45.2 Å². The van der Waals surface area contributed by atoms with E-state index in [1.807, 2.05) is 30.3 Å². The number of hydrogen-bond acceptors (Lipinski definition) is 2. The highest BCUT2D eigenvalue weighted by Crippen LogP contribution is 2.29. The monoisotopic (exact) mass is 260 g/mol. The molecular formula is C16H24N2O. The first kappa shape index (κ1) is 14.1. The topological polar surface area (TPSA) is 55.1 Å². The molecule has 1 aliphatic carbocycles. The van der Waals surface area contributed by atoms with Gasteiger partial charge in [0.05, 0.1) is 0 Å². The molecule has 0 heterocycles. The molecule has 4 atom stereocenters. The maximum atomic E-state index is 12.2. The minimum atomic E-state index is -0.564. The molecule has 3 heteroatoms. The molecule has 3 N–H and O–H groups in total. The highest BCUT2D eigenvalue weighted by atomic mass is 16.2. The Balaban J connectivity index is 1.97. The van der Waals surface area contributed by atoms with E-state index in [0.717, 1.165) is 12.0 Å². The summed E-state index contributed by atoms with van der Waals surface area (Å²) in [6, 6.07) is 9.26. The minimum Gasteiger partial charge on any atom is -0.351 e. The Labute approximate surface area is 115 Å². The van der Waals surface area contributed by atoms with E-state index in [4.69, 9.17) is 5.73 Å². The van der Waals surface area contributed by atoms with Gasteiger partial charge in [0.1, 0.15) is 6.04 Å². The normalized spacial score (nSPS) is 28.7. The lowest BCUT2D eigenvalue weighted by atomic mass is 9.78. The van der Waals surface area contributed by atoms with Crippen LogP contribution in [0.1, 0.15) is 44.7 Å². The Hall–Kier alpha value is -1.35. The zero-order valence-corrected chi connectivity index (χ0v) is 11.8. The second kappa shape index (κ2) is 6.20. The third-order valence-electron chi connectivity index (χ3n) is 4.48. The summed E-state index contributed by atoms with van der Waals surface area (Å²) in [4.78, 5) is 12.2. The molecule has 1 saturated carbocycles. The number of benzene rings is 1. The Morgan fingerprint density at radius 3 is 2.63 bits per heavy atom. The average molecular weight is 260 g/mol. The van der Waals surface area contributed by atoms with Crippen molar-refractivity contribution >= 4 is 5.91 Å². The third kappa shape index (κ3) is 3.35. The Morgan fingerprint density at radius 2 is 1.95 bits per heavy atom. The summed E-state index contributed by atoms with van der Waals surface area (Å²) in [5.74, 6) is 1.14. The first-order chi connectivity index (χ1) is 9.09. The van der Waals surface area contributed by atoms with Crippen LogP contribution in [0, 0.1) is 11.8 Å². The number of nitrogens with two attached hydrogens (primary N) is 1. The van der Waals surface area contributed by atoms with Crippen molar-refractivity contribution < 1.29 is 4.79 Å². The van der Waals surface area contributed by atoms with Crippen molar-refractivity contribution in [2.24, 2.45) is 17.6 Å². The van der Waals surface area contributed by atoms with Crippen LogP contribution in [0.15, 0.2) is 30.3 Å². The molecule has 0 aromatic heterocycles. The standard InChI is InChI=1S/C16H24N2O/c1-11-7-6-10-14(12(11)2)18-16(19)15(17)13-8-4-3-5-9-13/h3-5,8-9,11-12,14-15H,6-7,10,17H2,1-2H3,(H,18,19)/t11?,12?,14?,15-/m0/s1. The quantitative estimate of drug-likeness (QED) is 0.877. The predicted molar refractivity (Wildman–Crippen MR) is 77.5 cm³/mol. The Kier molecular flexibility index (Phi) is 4.59. The summed E-state index contributed by atoms with van der Waals surface area (Å²) in [6.45, 7) is 4.49. The van der Waals surface area contributed by atoms with Crippen molar-refractivity contribution in [2.75, 3.05) is 0 Å². The van der Waals surface area contributed by atoms with Gasteiger partial charge in [-0.2, -0.15) is 0 Å². The number of rotatable bonds is 3. The fourth-order valence-corrected chi connectivity index (χ4v) is 2.87. The lowest BCUT2D eigenvalue weighted by Crippen LogP contribution is -2.46. The van der Waals surface area contributed by atoms with Crippen LogP contribution in [0.5, 0.6) is 0 Å². The average Bonchev–Trinajstić information content (AvgIpc) is 2.44. The molecule has 104 valence electrons. The van der Waals surface area contributed by atoms with E-state index >= 15 is 0 Å². The molecule has 0 saturated heterocycles. The van der Waals surface area contributed by atoms with E-state index in [1.54, 1.807) is 0 Å². The van der Waals surface area contributed by atoms with Gasteiger partial charge in [-0.05, 0) is 23.8 Å². The molecule has 3 nitrogen and oxygen atoms in total. The van der Waals surface area contributed by atoms with Gasteiger partial charge in [0.2, 0.25) is 5.91 Å². The molecule has 3 unspecified atom stereocenters. The minimum absolute atomic E-state index is 0.0582. The molecule has 1 aliphatic rings. The first-order valence-corrected chi connectivity index (χ1v) is 7.20. The van der Waals surface area contributed by atoms with Crippen molar-refractivity contribution in [1.29, 1.82) is 0 Å². The van der Waals surface area contributed by atoms with Crippen LogP contribution >= 0.6 is 0 Å². The molecular weight excluding hydrogens is 236 g/mol. The zero-order chi connectivity index (χ0) is 13.8. The van der Waals surface area contributed by atoms with Crippen molar-refractivity contribution in [3.05, 3.63) is 35.9 Å². The van der Waals surface area contributed by atoms with Crippen LogP contribution in [0.25, 0.3) is 0 Å². The highest BCUT2D eigenvalue weighted by Gasteiger charge is 2.29. The van der Waals surface area contributed by atoms with Crippen molar-refractivity contribution in [3.63, 3.8) is 0 Å². The zero-order valence-electron chi connectivity index (χ0n) is 11.8. The SMILES string of the molecule is CC1CCCC(NC(=O)[C@@H](N)c2ccccc2)C1C. The Morgan fingerprint density at radius 1 is 1.26 bits per heavy atom. The Bertz CT molecular complexity index is 418. The van der Waals surface area contributed by atoms with E-state index in [-0.39, 0.29) is 11.9 Å². The van der Waals surface area contributed by atoms with Gasteiger partial charge in [-0.3, -0.25) is 4.79 Å². The molecule has 1 aromatic carbocycles. The molecule has 0 spiro atoms. The number of hydrogen-bond donors (Lipinski definition) is 2. The van der Waals surface area contributed by atoms with Crippen LogP contribution in [0.3, 0.4) is 0 Å². The van der Waals surface area contributed by atoms with E-state index in [9.17, 15) is 4.79 Å². The summed E-state index contributed by atoms with van der Waals surface area (Å²) in [5.41, 5.74) is 6.90. The number of carbonyl (C=O) groups is 1. The number of amides is 1. The molecule has 0 bridgehead atoms. The van der Waals surface area contributed by atoms with Crippen LogP contribution < -0.4 is 11.1 Å². The summed E-state index contributed by atoms with van der Waals surface area (Å²) in [7, 11) is 0. The number of carbonyl (C=O) groups excluding carboxylic acids is 1. The lowest BCUT2D eigenvalue weighted by Gasteiger charge is -2.35. The summed E-state index contributed by atoms with van der Waals surface area (Å²) >= 11 is 0. The van der Waals surface area contributed by atoms with Crippen LogP contribution in [-0.2, 0) is 4.79 Å². The molecule has 0 radical (unpaired) electrons. The largest absolute Gasteiger partial charge is 0.351 e. The second-order valence-electron chi connectivity index (χ2n) is 5.77. The fourth-order valence-electron chi connectivity index (χ4n) is 2.87. The molecule has 1 aromatic rings. The lowest BCUT2D eigenvalue weighted by molar-refractivity contribution is -0.123. The van der Waals surface area contributed by atoms with E-state index in [1.165, 1.54) is 12.8 Å². The molecule has 1 amide bonds. The first-order valence-electron chi connectivity index (χ1n) is 7.20.